The molecule has 0 aliphatic heterocycles. The molecule has 0 saturated carbocycles. The molecule has 2 rings (SSSR count). The Balaban J connectivity index is 2.11. The van der Waals surface area contributed by atoms with Gasteiger partial charge in [-0.25, -0.2) is 0 Å². The molecule has 0 fully saturated rings. The summed E-state index contributed by atoms with van der Waals surface area (Å²) >= 11 is 3.40. The van der Waals surface area contributed by atoms with E-state index in [9.17, 15) is 0 Å². The van der Waals surface area contributed by atoms with Crippen LogP contribution in [0.2, 0.25) is 0 Å². The third-order valence-electron chi connectivity index (χ3n) is 2.09. The van der Waals surface area contributed by atoms with E-state index in [-0.39, 0.29) is 0 Å². The van der Waals surface area contributed by atoms with Crippen LogP contribution in [0.3, 0.4) is 0 Å². The molecule has 0 amide bonds. The van der Waals surface area contributed by atoms with Crippen molar-refractivity contribution in [3.8, 4) is 5.75 Å². The lowest BCUT2D eigenvalue weighted by molar-refractivity contribution is 0.301. The Morgan fingerprint density at radius 3 is 2.75 bits per heavy atom. The summed E-state index contributed by atoms with van der Waals surface area (Å²) in [7, 11) is 0. The molecule has 0 radical (unpaired) electrons. The molecular formula is C12H11BrN2O. The first kappa shape index (κ1) is 11.0. The summed E-state index contributed by atoms with van der Waals surface area (Å²) in [6.07, 6.45) is 1.74. The number of halogens is 1. The van der Waals surface area contributed by atoms with E-state index in [4.69, 9.17) is 10.5 Å². The highest BCUT2D eigenvalue weighted by Gasteiger charge is 2.05. The van der Waals surface area contributed by atoms with Crippen molar-refractivity contribution in [1.29, 1.82) is 0 Å². The zero-order valence-electron chi connectivity index (χ0n) is 8.56. The molecule has 0 saturated heterocycles. The molecule has 0 aliphatic carbocycles. The number of anilines is 1. The summed E-state index contributed by atoms with van der Waals surface area (Å²) < 4.78 is 6.47. The Morgan fingerprint density at radius 1 is 1.19 bits per heavy atom. The summed E-state index contributed by atoms with van der Waals surface area (Å²) in [6, 6.07) is 11.3. The molecule has 0 unspecified atom stereocenters. The highest BCUT2D eigenvalue weighted by Crippen LogP contribution is 2.31. The van der Waals surface area contributed by atoms with Crippen LogP contribution in [0.1, 0.15) is 5.69 Å². The van der Waals surface area contributed by atoms with Gasteiger partial charge in [-0.1, -0.05) is 12.1 Å². The summed E-state index contributed by atoms with van der Waals surface area (Å²) in [5.41, 5.74) is 7.30. The van der Waals surface area contributed by atoms with E-state index in [1.165, 1.54) is 0 Å². The lowest BCUT2D eigenvalue weighted by Crippen LogP contribution is -2.00. The summed E-state index contributed by atoms with van der Waals surface area (Å²) in [5.74, 6) is 0.660. The smallest absolute Gasteiger partial charge is 0.156 e. The van der Waals surface area contributed by atoms with Crippen molar-refractivity contribution < 1.29 is 4.74 Å². The predicted molar refractivity (Wildman–Crippen MR) is 67.1 cm³/mol. The van der Waals surface area contributed by atoms with Gasteiger partial charge < -0.3 is 10.5 Å². The lowest BCUT2D eigenvalue weighted by atomic mass is 10.3. The number of pyridine rings is 1. The Hall–Kier alpha value is -1.55. The van der Waals surface area contributed by atoms with Gasteiger partial charge in [-0.05, 0) is 40.2 Å². The van der Waals surface area contributed by atoms with Crippen LogP contribution in [0.25, 0.3) is 0 Å². The highest BCUT2D eigenvalue weighted by atomic mass is 79.9. The van der Waals surface area contributed by atoms with Crippen LogP contribution in [0.4, 0.5) is 5.69 Å². The largest absolute Gasteiger partial charge is 0.484 e. The monoisotopic (exact) mass is 278 g/mol. The number of rotatable bonds is 3. The average Bonchev–Trinajstić information content (AvgIpc) is 2.30. The van der Waals surface area contributed by atoms with Gasteiger partial charge >= 0.3 is 0 Å². The molecule has 0 atom stereocenters. The van der Waals surface area contributed by atoms with Gasteiger partial charge in [-0.2, -0.15) is 0 Å². The predicted octanol–water partition coefficient (Wildman–Crippen LogP) is 3.01. The van der Waals surface area contributed by atoms with Crippen molar-refractivity contribution in [2.24, 2.45) is 0 Å². The van der Waals surface area contributed by atoms with Gasteiger partial charge in [0, 0.05) is 6.20 Å². The number of ether oxygens (including phenoxy) is 1. The number of aromatic nitrogens is 1. The standard InChI is InChI=1S/C12H11BrN2O/c13-10-5-3-6-11(14)12(10)16-8-9-4-1-2-7-15-9/h1-7H,8,14H2. The first-order valence-corrected chi connectivity index (χ1v) is 5.63. The van der Waals surface area contributed by atoms with Crippen LogP contribution in [-0.4, -0.2) is 4.98 Å². The Labute approximate surface area is 102 Å². The maximum atomic E-state index is 5.81. The SMILES string of the molecule is Nc1cccc(Br)c1OCc1ccccn1. The van der Waals surface area contributed by atoms with Gasteiger partial charge in [0.15, 0.2) is 5.75 Å². The van der Waals surface area contributed by atoms with E-state index in [1.54, 1.807) is 12.3 Å². The van der Waals surface area contributed by atoms with E-state index in [2.05, 4.69) is 20.9 Å². The van der Waals surface area contributed by atoms with Gasteiger partial charge in [0.1, 0.15) is 6.61 Å². The normalized spacial score (nSPS) is 10.1. The molecule has 4 heteroatoms. The van der Waals surface area contributed by atoms with Crippen molar-refractivity contribution in [3.63, 3.8) is 0 Å². The van der Waals surface area contributed by atoms with Gasteiger partial charge in [-0.15, -0.1) is 0 Å². The maximum absolute atomic E-state index is 5.81. The average molecular weight is 279 g/mol. The molecule has 0 spiro atoms. The maximum Gasteiger partial charge on any atom is 0.156 e. The third kappa shape index (κ3) is 2.52. The van der Waals surface area contributed by atoms with E-state index in [0.29, 0.717) is 18.0 Å². The fourth-order valence-electron chi connectivity index (χ4n) is 1.31. The molecule has 82 valence electrons. The van der Waals surface area contributed by atoms with Crippen molar-refractivity contribution in [2.45, 2.75) is 6.61 Å². The molecule has 0 aliphatic rings. The van der Waals surface area contributed by atoms with Crippen LogP contribution in [0, 0.1) is 0 Å². The number of nitrogens with zero attached hydrogens (tertiary/aromatic N) is 1. The molecule has 1 heterocycles. The van der Waals surface area contributed by atoms with E-state index in [1.807, 2.05) is 30.3 Å². The van der Waals surface area contributed by atoms with Crippen LogP contribution in [-0.2, 0) is 6.61 Å². The zero-order valence-corrected chi connectivity index (χ0v) is 10.1. The minimum atomic E-state index is 0.410. The van der Waals surface area contributed by atoms with Gasteiger partial charge in [0.2, 0.25) is 0 Å². The van der Waals surface area contributed by atoms with E-state index >= 15 is 0 Å². The Bertz CT molecular complexity index is 453. The Morgan fingerprint density at radius 2 is 2.06 bits per heavy atom. The number of para-hydroxylation sites is 1. The topological polar surface area (TPSA) is 48.1 Å². The van der Waals surface area contributed by atoms with Crippen molar-refractivity contribution >= 4 is 21.6 Å². The molecule has 2 aromatic rings. The molecule has 1 aromatic heterocycles. The lowest BCUT2D eigenvalue weighted by Gasteiger charge is -2.09. The van der Waals surface area contributed by atoms with Crippen LogP contribution in [0.5, 0.6) is 5.75 Å². The zero-order chi connectivity index (χ0) is 11.4. The minimum absolute atomic E-state index is 0.410. The molecule has 2 N–H and O–H groups in total. The molecule has 0 bridgehead atoms. The van der Waals surface area contributed by atoms with Gasteiger partial charge in [-0.3, -0.25) is 4.98 Å². The second kappa shape index (κ2) is 4.99. The van der Waals surface area contributed by atoms with Crippen LogP contribution >= 0.6 is 15.9 Å². The summed E-state index contributed by atoms with van der Waals surface area (Å²) in [5, 5.41) is 0. The van der Waals surface area contributed by atoms with Crippen molar-refractivity contribution in [1.82, 2.24) is 4.98 Å². The van der Waals surface area contributed by atoms with Crippen molar-refractivity contribution in [3.05, 3.63) is 52.8 Å². The van der Waals surface area contributed by atoms with Gasteiger partial charge in [0.05, 0.1) is 15.9 Å². The second-order valence-corrected chi connectivity index (χ2v) is 4.12. The molecule has 16 heavy (non-hydrogen) atoms. The molecule has 1 aromatic carbocycles. The third-order valence-corrected chi connectivity index (χ3v) is 2.71. The number of benzene rings is 1. The molecule has 3 nitrogen and oxygen atoms in total. The first-order chi connectivity index (χ1) is 7.77. The fraction of sp³-hybridized carbons (Fsp3) is 0.0833. The van der Waals surface area contributed by atoms with Gasteiger partial charge in [0.25, 0.3) is 0 Å². The van der Waals surface area contributed by atoms with Crippen LogP contribution in [0.15, 0.2) is 47.1 Å². The number of hydrogen-bond donors (Lipinski definition) is 1. The number of hydrogen-bond acceptors (Lipinski definition) is 3. The fourth-order valence-corrected chi connectivity index (χ4v) is 1.80. The van der Waals surface area contributed by atoms with E-state index in [0.717, 1.165) is 10.2 Å². The quantitative estimate of drug-likeness (QED) is 0.878. The second-order valence-electron chi connectivity index (χ2n) is 3.27. The molecular weight excluding hydrogens is 268 g/mol. The van der Waals surface area contributed by atoms with Crippen molar-refractivity contribution in [2.75, 3.05) is 5.73 Å². The summed E-state index contributed by atoms with van der Waals surface area (Å²) in [6.45, 7) is 0.410. The van der Waals surface area contributed by atoms with Crippen LogP contribution < -0.4 is 10.5 Å². The number of nitrogen functional groups attached to an aromatic ring is 1. The number of nitrogens with two attached hydrogens (primary N) is 1. The summed E-state index contributed by atoms with van der Waals surface area (Å²) in [4.78, 5) is 4.17. The highest BCUT2D eigenvalue weighted by molar-refractivity contribution is 9.10. The first-order valence-electron chi connectivity index (χ1n) is 4.84. The van der Waals surface area contributed by atoms with E-state index < -0.39 is 0 Å². The Kier molecular flexibility index (Phi) is 3.41. The minimum Gasteiger partial charge on any atom is -0.484 e.